The molecule has 2 N–H and O–H groups in total. The third-order valence-electron chi connectivity index (χ3n) is 3.50. The van der Waals surface area contributed by atoms with Gasteiger partial charge in [-0.25, -0.2) is 0 Å². The van der Waals surface area contributed by atoms with Crippen LogP contribution >= 0.6 is 0 Å². The number of Topliss-reactive ketones (excluding diaryl/α,β-unsaturated/α-hetero) is 1. The molecule has 68 valence electrons. The van der Waals surface area contributed by atoms with E-state index in [1.54, 1.807) is 0 Å². The van der Waals surface area contributed by atoms with Crippen LogP contribution in [0, 0.1) is 11.8 Å². The van der Waals surface area contributed by atoms with Crippen molar-refractivity contribution in [2.45, 2.75) is 44.6 Å². The Labute approximate surface area is 73.5 Å². The Balaban J connectivity index is 2.02. The quantitative estimate of drug-likeness (QED) is 0.594. The molecule has 0 spiro atoms. The molecule has 2 aliphatic carbocycles. The molecule has 3 unspecified atom stereocenters. The maximum Gasteiger partial charge on any atom is 0.149 e. The summed E-state index contributed by atoms with van der Waals surface area (Å²) in [6.45, 7) is 0. The second kappa shape index (κ2) is 3.17. The summed E-state index contributed by atoms with van der Waals surface area (Å²) in [6, 6.07) is -0.135. The fraction of sp³-hybridized carbons (Fsp3) is 0.900. The van der Waals surface area contributed by atoms with E-state index in [0.717, 1.165) is 18.8 Å². The molecule has 2 heteroatoms. The van der Waals surface area contributed by atoms with Crippen molar-refractivity contribution >= 4 is 5.78 Å². The van der Waals surface area contributed by atoms with Crippen LogP contribution in [0.25, 0.3) is 0 Å². The summed E-state index contributed by atoms with van der Waals surface area (Å²) in [4.78, 5) is 11.3. The number of rotatable bonds is 0. The van der Waals surface area contributed by atoms with Crippen LogP contribution in [0.1, 0.15) is 38.5 Å². The van der Waals surface area contributed by atoms with Gasteiger partial charge in [0.05, 0.1) is 6.04 Å². The van der Waals surface area contributed by atoms with E-state index in [0.29, 0.717) is 11.7 Å². The zero-order valence-electron chi connectivity index (χ0n) is 7.46. The topological polar surface area (TPSA) is 43.1 Å². The highest BCUT2D eigenvalue weighted by Gasteiger charge is 2.35. The second-order valence-corrected chi connectivity index (χ2v) is 4.32. The highest BCUT2D eigenvalue weighted by molar-refractivity contribution is 5.84. The number of nitrogens with two attached hydrogens (primary N) is 1. The van der Waals surface area contributed by atoms with Crippen molar-refractivity contribution in [3.05, 3.63) is 0 Å². The van der Waals surface area contributed by atoms with E-state index in [-0.39, 0.29) is 6.04 Å². The van der Waals surface area contributed by atoms with Crippen molar-refractivity contribution in [2.75, 3.05) is 0 Å². The van der Waals surface area contributed by atoms with Crippen LogP contribution in [0.2, 0.25) is 0 Å². The van der Waals surface area contributed by atoms with Crippen LogP contribution in [-0.2, 0) is 4.79 Å². The number of carbonyl (C=O) groups excluding carboxylic acids is 1. The van der Waals surface area contributed by atoms with Crippen molar-refractivity contribution in [1.29, 1.82) is 0 Å². The van der Waals surface area contributed by atoms with Gasteiger partial charge in [-0.2, -0.15) is 0 Å². The molecule has 12 heavy (non-hydrogen) atoms. The fourth-order valence-corrected chi connectivity index (χ4v) is 2.73. The molecule has 0 aromatic carbocycles. The molecular formula is C10H17NO. The first kappa shape index (κ1) is 8.24. The van der Waals surface area contributed by atoms with E-state index in [1.165, 1.54) is 25.7 Å². The smallest absolute Gasteiger partial charge is 0.149 e. The lowest BCUT2D eigenvalue weighted by atomic mass is 9.69. The van der Waals surface area contributed by atoms with Gasteiger partial charge in [-0.3, -0.25) is 4.79 Å². The van der Waals surface area contributed by atoms with Crippen molar-refractivity contribution in [3.8, 4) is 0 Å². The summed E-state index contributed by atoms with van der Waals surface area (Å²) in [6.07, 6.45) is 6.98. The molecule has 2 aliphatic rings. The third-order valence-corrected chi connectivity index (χ3v) is 3.50. The average Bonchev–Trinajstić information content (AvgIpc) is 2.07. The summed E-state index contributed by atoms with van der Waals surface area (Å²) >= 11 is 0. The predicted molar refractivity (Wildman–Crippen MR) is 47.7 cm³/mol. The summed E-state index contributed by atoms with van der Waals surface area (Å²) in [5.41, 5.74) is 5.74. The van der Waals surface area contributed by atoms with Crippen molar-refractivity contribution < 1.29 is 4.79 Å². The standard InChI is InChI=1S/C10H17NO/c11-9-5-7-3-1-2-4-8(7)6-10(9)12/h7-9H,1-6,11H2. The minimum atomic E-state index is -0.135. The average molecular weight is 167 g/mol. The summed E-state index contributed by atoms with van der Waals surface area (Å²) in [5, 5.41) is 0. The first-order chi connectivity index (χ1) is 5.77. The lowest BCUT2D eigenvalue weighted by Crippen LogP contribution is -2.42. The van der Waals surface area contributed by atoms with Crippen LogP contribution in [0.4, 0.5) is 0 Å². The Kier molecular flexibility index (Phi) is 2.18. The van der Waals surface area contributed by atoms with Gasteiger partial charge in [0, 0.05) is 6.42 Å². The van der Waals surface area contributed by atoms with Gasteiger partial charge in [0.15, 0.2) is 0 Å². The third kappa shape index (κ3) is 1.40. The monoisotopic (exact) mass is 167 g/mol. The molecule has 3 atom stereocenters. The van der Waals surface area contributed by atoms with Gasteiger partial charge in [0.25, 0.3) is 0 Å². The number of carbonyl (C=O) groups is 1. The lowest BCUT2D eigenvalue weighted by molar-refractivity contribution is -0.124. The Morgan fingerprint density at radius 2 is 1.83 bits per heavy atom. The second-order valence-electron chi connectivity index (χ2n) is 4.32. The van der Waals surface area contributed by atoms with Gasteiger partial charge in [-0.05, 0) is 24.7 Å². The van der Waals surface area contributed by atoms with Crippen LogP contribution in [0.3, 0.4) is 0 Å². The van der Waals surface area contributed by atoms with Gasteiger partial charge in [-0.1, -0.05) is 19.3 Å². The predicted octanol–water partition coefficient (Wildman–Crippen LogP) is 1.48. The van der Waals surface area contributed by atoms with E-state index in [9.17, 15) is 4.79 Å². The molecule has 0 bridgehead atoms. The first-order valence-electron chi connectivity index (χ1n) is 5.05. The number of ketones is 1. The summed E-state index contributed by atoms with van der Waals surface area (Å²) < 4.78 is 0. The van der Waals surface area contributed by atoms with E-state index >= 15 is 0 Å². The molecule has 0 heterocycles. The lowest BCUT2D eigenvalue weighted by Gasteiger charge is -2.37. The van der Waals surface area contributed by atoms with E-state index < -0.39 is 0 Å². The Morgan fingerprint density at radius 1 is 1.17 bits per heavy atom. The molecule has 2 rings (SSSR count). The Hall–Kier alpha value is -0.370. The van der Waals surface area contributed by atoms with Gasteiger partial charge < -0.3 is 5.73 Å². The van der Waals surface area contributed by atoms with Crippen LogP contribution in [-0.4, -0.2) is 11.8 Å². The van der Waals surface area contributed by atoms with Gasteiger partial charge in [0.1, 0.15) is 5.78 Å². The van der Waals surface area contributed by atoms with E-state index in [4.69, 9.17) is 5.73 Å². The van der Waals surface area contributed by atoms with Crippen molar-refractivity contribution in [2.24, 2.45) is 17.6 Å². The first-order valence-corrected chi connectivity index (χ1v) is 5.05. The van der Waals surface area contributed by atoms with Crippen LogP contribution in [0.5, 0.6) is 0 Å². The van der Waals surface area contributed by atoms with Crippen molar-refractivity contribution in [1.82, 2.24) is 0 Å². The number of hydrogen-bond donors (Lipinski definition) is 1. The largest absolute Gasteiger partial charge is 0.321 e. The Bertz CT molecular complexity index is 190. The SMILES string of the molecule is NC1CC2CCCCC2CC1=O. The summed E-state index contributed by atoms with van der Waals surface area (Å²) in [7, 11) is 0. The molecule has 0 aliphatic heterocycles. The van der Waals surface area contributed by atoms with Crippen molar-refractivity contribution in [3.63, 3.8) is 0 Å². The normalized spacial score (nSPS) is 42.4. The fourth-order valence-electron chi connectivity index (χ4n) is 2.73. The molecule has 0 amide bonds. The molecule has 0 saturated heterocycles. The zero-order valence-corrected chi connectivity index (χ0v) is 7.46. The maximum absolute atomic E-state index is 11.3. The van der Waals surface area contributed by atoms with E-state index in [2.05, 4.69) is 0 Å². The van der Waals surface area contributed by atoms with E-state index in [1.807, 2.05) is 0 Å². The Morgan fingerprint density at radius 3 is 2.58 bits per heavy atom. The minimum Gasteiger partial charge on any atom is -0.321 e. The molecular weight excluding hydrogens is 150 g/mol. The maximum atomic E-state index is 11.3. The van der Waals surface area contributed by atoms with Crippen LogP contribution in [0.15, 0.2) is 0 Å². The summed E-state index contributed by atoms with van der Waals surface area (Å²) in [5.74, 6) is 1.76. The van der Waals surface area contributed by atoms with Gasteiger partial charge in [0.2, 0.25) is 0 Å². The minimum absolute atomic E-state index is 0.135. The molecule has 0 aromatic rings. The molecule has 2 saturated carbocycles. The molecule has 0 aromatic heterocycles. The van der Waals surface area contributed by atoms with Gasteiger partial charge in [-0.15, -0.1) is 0 Å². The molecule has 2 nitrogen and oxygen atoms in total. The molecule has 0 radical (unpaired) electrons. The number of fused-ring (bicyclic) bond motifs is 1. The number of hydrogen-bond acceptors (Lipinski definition) is 2. The molecule has 2 fully saturated rings. The van der Waals surface area contributed by atoms with Crippen LogP contribution < -0.4 is 5.73 Å². The van der Waals surface area contributed by atoms with Gasteiger partial charge >= 0.3 is 0 Å². The highest BCUT2D eigenvalue weighted by Crippen LogP contribution is 2.38. The zero-order chi connectivity index (χ0) is 8.55. The highest BCUT2D eigenvalue weighted by atomic mass is 16.1.